The van der Waals surface area contributed by atoms with E-state index in [2.05, 4.69) is 21.2 Å². The maximum atomic E-state index is 13.6. The van der Waals surface area contributed by atoms with Gasteiger partial charge in [0.25, 0.3) is 5.69 Å². The SMILES string of the molecule is N#Cc1ccc(Nc2cc(Br)c(F)cc2F)cc1[N+](=O)[O-]. The molecule has 1 N–H and O–H groups in total. The lowest BCUT2D eigenvalue weighted by atomic mass is 10.1. The molecule has 0 aliphatic heterocycles. The Balaban J connectivity index is 2.41. The Kier molecular flexibility index (Phi) is 4.14. The van der Waals surface area contributed by atoms with Gasteiger partial charge >= 0.3 is 0 Å². The van der Waals surface area contributed by atoms with E-state index < -0.39 is 22.2 Å². The zero-order valence-electron chi connectivity index (χ0n) is 10.2. The minimum absolute atomic E-state index is 0.0505. The summed E-state index contributed by atoms with van der Waals surface area (Å²) in [6.45, 7) is 0. The van der Waals surface area contributed by atoms with Crippen molar-refractivity contribution in [2.24, 2.45) is 0 Å². The summed E-state index contributed by atoms with van der Waals surface area (Å²) in [6, 6.07) is 7.30. The van der Waals surface area contributed by atoms with Gasteiger partial charge in [-0.2, -0.15) is 5.26 Å². The van der Waals surface area contributed by atoms with Crippen molar-refractivity contribution < 1.29 is 13.7 Å². The number of hydrogen-bond acceptors (Lipinski definition) is 4. The molecule has 2 aromatic rings. The quantitative estimate of drug-likeness (QED) is 0.508. The number of rotatable bonds is 3. The van der Waals surface area contributed by atoms with E-state index in [0.29, 0.717) is 6.07 Å². The van der Waals surface area contributed by atoms with E-state index in [1.807, 2.05) is 0 Å². The Hall–Kier alpha value is -2.53. The number of hydrogen-bond donors (Lipinski definition) is 1. The number of nitriles is 1. The minimum Gasteiger partial charge on any atom is -0.353 e. The first-order valence-electron chi connectivity index (χ1n) is 5.52. The largest absolute Gasteiger partial charge is 0.353 e. The van der Waals surface area contributed by atoms with Gasteiger partial charge < -0.3 is 5.32 Å². The van der Waals surface area contributed by atoms with Crippen molar-refractivity contribution >= 4 is 33.0 Å². The van der Waals surface area contributed by atoms with E-state index in [0.717, 1.165) is 6.07 Å². The predicted octanol–water partition coefficient (Wildman–Crippen LogP) is 4.25. The van der Waals surface area contributed by atoms with Gasteiger partial charge in [0.1, 0.15) is 23.3 Å². The molecule has 0 aliphatic carbocycles. The molecule has 0 spiro atoms. The Bertz CT molecular complexity index is 775. The second-order valence-electron chi connectivity index (χ2n) is 3.97. The summed E-state index contributed by atoms with van der Waals surface area (Å²) in [4.78, 5) is 10.1. The van der Waals surface area contributed by atoms with Gasteiger partial charge in [-0.25, -0.2) is 8.78 Å². The van der Waals surface area contributed by atoms with Crippen molar-refractivity contribution in [3.05, 3.63) is 62.1 Å². The van der Waals surface area contributed by atoms with Gasteiger partial charge in [-0.15, -0.1) is 0 Å². The molecule has 0 saturated heterocycles. The average molecular weight is 354 g/mol. The van der Waals surface area contributed by atoms with Gasteiger partial charge in [0.2, 0.25) is 0 Å². The van der Waals surface area contributed by atoms with Crippen LogP contribution in [-0.4, -0.2) is 4.92 Å². The average Bonchev–Trinajstić information content (AvgIpc) is 2.44. The molecule has 5 nitrogen and oxygen atoms in total. The third-order valence-corrected chi connectivity index (χ3v) is 3.21. The van der Waals surface area contributed by atoms with Crippen molar-refractivity contribution in [1.82, 2.24) is 0 Å². The maximum Gasteiger partial charge on any atom is 0.289 e. The van der Waals surface area contributed by atoms with Crippen LogP contribution in [0.1, 0.15) is 5.56 Å². The van der Waals surface area contributed by atoms with E-state index in [9.17, 15) is 18.9 Å². The van der Waals surface area contributed by atoms with E-state index in [-0.39, 0.29) is 21.4 Å². The van der Waals surface area contributed by atoms with Crippen LogP contribution in [0.5, 0.6) is 0 Å². The van der Waals surface area contributed by atoms with Crippen LogP contribution in [-0.2, 0) is 0 Å². The number of nitrogens with one attached hydrogen (secondary N) is 1. The fraction of sp³-hybridized carbons (Fsp3) is 0. The molecule has 0 saturated carbocycles. The molecule has 21 heavy (non-hydrogen) atoms. The fourth-order valence-corrected chi connectivity index (χ4v) is 1.97. The monoisotopic (exact) mass is 353 g/mol. The third kappa shape index (κ3) is 3.14. The Morgan fingerprint density at radius 1 is 1.24 bits per heavy atom. The molecule has 106 valence electrons. The molecule has 2 rings (SSSR count). The molecule has 0 unspecified atom stereocenters. The van der Waals surface area contributed by atoms with Gasteiger partial charge in [-0.1, -0.05) is 0 Å². The summed E-state index contributed by atoms with van der Waals surface area (Å²) in [5.41, 5.74) is -0.351. The number of benzene rings is 2. The van der Waals surface area contributed by atoms with Gasteiger partial charge in [0, 0.05) is 17.8 Å². The maximum absolute atomic E-state index is 13.6. The summed E-state index contributed by atoms with van der Waals surface area (Å²) in [5.74, 6) is -1.61. The van der Waals surface area contributed by atoms with Gasteiger partial charge in [0.15, 0.2) is 0 Å². The standard InChI is InChI=1S/C13H6BrF2N3O2/c14-9-4-12(11(16)5-10(9)15)18-8-2-1-7(6-17)13(3-8)19(20)21/h1-5,18H. The highest BCUT2D eigenvalue weighted by atomic mass is 79.9. The lowest BCUT2D eigenvalue weighted by Gasteiger charge is -2.09. The minimum atomic E-state index is -0.845. The molecule has 0 heterocycles. The topological polar surface area (TPSA) is 79.0 Å². The molecule has 0 radical (unpaired) electrons. The van der Waals surface area contributed by atoms with Crippen LogP contribution in [0.15, 0.2) is 34.8 Å². The number of nitro groups is 1. The second-order valence-corrected chi connectivity index (χ2v) is 4.83. The van der Waals surface area contributed by atoms with Gasteiger partial charge in [-0.05, 0) is 34.1 Å². The van der Waals surface area contributed by atoms with Gasteiger partial charge in [-0.3, -0.25) is 10.1 Å². The predicted molar refractivity (Wildman–Crippen MR) is 75.2 cm³/mol. The van der Waals surface area contributed by atoms with E-state index in [1.54, 1.807) is 6.07 Å². The number of nitrogens with zero attached hydrogens (tertiary/aromatic N) is 2. The molecule has 0 amide bonds. The molecule has 0 fully saturated rings. The summed E-state index contributed by atoms with van der Waals surface area (Å²) >= 11 is 2.92. The zero-order chi connectivity index (χ0) is 15.6. The first-order valence-corrected chi connectivity index (χ1v) is 6.32. The van der Waals surface area contributed by atoms with Gasteiger partial charge in [0.05, 0.1) is 15.1 Å². The van der Waals surface area contributed by atoms with Crippen LogP contribution >= 0.6 is 15.9 Å². The van der Waals surface area contributed by atoms with E-state index in [4.69, 9.17) is 5.26 Å². The Labute approximate surface area is 126 Å². The molecule has 0 aromatic heterocycles. The van der Waals surface area contributed by atoms with Crippen molar-refractivity contribution in [3.8, 4) is 6.07 Å². The summed E-state index contributed by atoms with van der Waals surface area (Å²) in [5, 5.41) is 22.2. The Morgan fingerprint density at radius 2 is 1.95 bits per heavy atom. The first kappa shape index (κ1) is 14.9. The lowest BCUT2D eigenvalue weighted by molar-refractivity contribution is -0.385. The van der Waals surface area contributed by atoms with Crippen molar-refractivity contribution in [2.75, 3.05) is 5.32 Å². The fourth-order valence-electron chi connectivity index (χ4n) is 1.63. The van der Waals surface area contributed by atoms with Crippen molar-refractivity contribution in [2.45, 2.75) is 0 Å². The van der Waals surface area contributed by atoms with E-state index in [1.165, 1.54) is 18.2 Å². The van der Waals surface area contributed by atoms with Crippen LogP contribution < -0.4 is 5.32 Å². The van der Waals surface area contributed by atoms with Crippen LogP contribution in [0.3, 0.4) is 0 Å². The van der Waals surface area contributed by atoms with Crippen molar-refractivity contribution in [1.29, 1.82) is 5.26 Å². The number of halogens is 3. The van der Waals surface area contributed by atoms with E-state index >= 15 is 0 Å². The van der Waals surface area contributed by atoms with Crippen LogP contribution in [0.25, 0.3) is 0 Å². The highest BCUT2D eigenvalue weighted by molar-refractivity contribution is 9.10. The molecular formula is C13H6BrF2N3O2. The molecule has 0 aliphatic rings. The first-order chi connectivity index (χ1) is 9.92. The van der Waals surface area contributed by atoms with Crippen LogP contribution in [0.2, 0.25) is 0 Å². The number of anilines is 2. The number of nitro benzene ring substituents is 1. The normalized spacial score (nSPS) is 10.0. The molecule has 8 heteroatoms. The summed E-state index contributed by atoms with van der Waals surface area (Å²) in [7, 11) is 0. The highest BCUT2D eigenvalue weighted by Crippen LogP contribution is 2.29. The smallest absolute Gasteiger partial charge is 0.289 e. The second kappa shape index (κ2) is 5.85. The van der Waals surface area contributed by atoms with Crippen LogP contribution in [0, 0.1) is 33.1 Å². The van der Waals surface area contributed by atoms with Crippen LogP contribution in [0.4, 0.5) is 25.8 Å². The molecule has 0 atom stereocenters. The summed E-state index contributed by atoms with van der Waals surface area (Å²) < 4.78 is 26.8. The van der Waals surface area contributed by atoms with Crippen molar-refractivity contribution in [3.63, 3.8) is 0 Å². The third-order valence-electron chi connectivity index (χ3n) is 2.60. The lowest BCUT2D eigenvalue weighted by Crippen LogP contribution is -1.98. The molecule has 0 bridgehead atoms. The zero-order valence-corrected chi connectivity index (χ0v) is 11.8. The Morgan fingerprint density at radius 3 is 2.57 bits per heavy atom. The molecule has 2 aromatic carbocycles. The highest BCUT2D eigenvalue weighted by Gasteiger charge is 2.15. The molecular weight excluding hydrogens is 348 g/mol. The summed E-state index contributed by atoms with van der Waals surface area (Å²) in [6.07, 6.45) is 0.